The number of carbonyl (C=O) groups is 3. The van der Waals surface area contributed by atoms with Crippen LogP contribution in [0.2, 0.25) is 0 Å². The van der Waals surface area contributed by atoms with Gasteiger partial charge in [-0.15, -0.1) is 11.8 Å². The zero-order valence-electron chi connectivity index (χ0n) is 13.1. The Morgan fingerprint density at radius 1 is 1.16 bits per heavy atom. The Labute approximate surface area is 148 Å². The first-order valence-corrected chi connectivity index (χ1v) is 8.68. The van der Waals surface area contributed by atoms with Gasteiger partial charge in [0.15, 0.2) is 0 Å². The second-order valence-electron chi connectivity index (χ2n) is 5.47. The largest absolute Gasteiger partial charge is 0.325 e. The summed E-state index contributed by atoms with van der Waals surface area (Å²) in [6.07, 6.45) is 0.0612. The summed E-state index contributed by atoms with van der Waals surface area (Å²) < 4.78 is 13.1. The molecule has 1 aliphatic rings. The average molecular weight is 358 g/mol. The molecule has 1 saturated heterocycles. The molecular formula is C18H15FN2O3S. The van der Waals surface area contributed by atoms with Gasteiger partial charge in [-0.25, -0.2) is 9.29 Å². The van der Waals surface area contributed by atoms with Gasteiger partial charge in [-0.2, -0.15) is 0 Å². The Bertz CT molecular complexity index is 813. The number of amides is 3. The number of nitrogens with one attached hydrogen (secondary N) is 1. The van der Waals surface area contributed by atoms with Crippen molar-refractivity contribution in [1.82, 2.24) is 0 Å². The lowest BCUT2D eigenvalue weighted by atomic mass is 10.3. The van der Waals surface area contributed by atoms with E-state index in [9.17, 15) is 18.8 Å². The van der Waals surface area contributed by atoms with E-state index in [-0.39, 0.29) is 29.9 Å². The van der Waals surface area contributed by atoms with Crippen LogP contribution in [0.15, 0.2) is 54.6 Å². The number of imide groups is 1. The summed E-state index contributed by atoms with van der Waals surface area (Å²) in [7, 11) is 0. The summed E-state index contributed by atoms with van der Waals surface area (Å²) in [5.41, 5.74) is 0.884. The van der Waals surface area contributed by atoms with E-state index in [4.69, 9.17) is 0 Å². The third-order valence-corrected chi connectivity index (χ3v) is 4.84. The molecule has 3 amide bonds. The first kappa shape index (κ1) is 17.2. The minimum absolute atomic E-state index is 0.00281. The zero-order valence-corrected chi connectivity index (χ0v) is 14.0. The SMILES string of the molecule is O=C(CS[C@@H]1CC(=O)N(c2ccccc2)C1=O)Nc1cccc(F)c1. The Morgan fingerprint density at radius 3 is 2.64 bits per heavy atom. The standard InChI is InChI=1S/C18H15FN2O3S/c19-12-5-4-6-13(9-12)20-16(22)11-25-15-10-17(23)21(18(15)24)14-7-2-1-3-8-14/h1-9,15H,10-11H2,(H,20,22)/t15-/m1/s1. The number of anilines is 2. The van der Waals surface area contributed by atoms with Gasteiger partial charge in [0, 0.05) is 12.1 Å². The second kappa shape index (κ2) is 7.48. The van der Waals surface area contributed by atoms with E-state index in [2.05, 4.69) is 5.32 Å². The van der Waals surface area contributed by atoms with Gasteiger partial charge in [-0.3, -0.25) is 14.4 Å². The van der Waals surface area contributed by atoms with Crippen LogP contribution in [0.25, 0.3) is 0 Å². The third kappa shape index (κ3) is 4.06. The predicted molar refractivity (Wildman–Crippen MR) is 94.8 cm³/mol. The van der Waals surface area contributed by atoms with Gasteiger partial charge in [0.25, 0.3) is 0 Å². The van der Waals surface area contributed by atoms with Gasteiger partial charge in [0.05, 0.1) is 16.7 Å². The van der Waals surface area contributed by atoms with Gasteiger partial charge in [-0.05, 0) is 30.3 Å². The number of thioether (sulfide) groups is 1. The van der Waals surface area contributed by atoms with Gasteiger partial charge in [0.2, 0.25) is 17.7 Å². The van der Waals surface area contributed by atoms with Crippen molar-refractivity contribution >= 4 is 40.9 Å². The first-order chi connectivity index (χ1) is 12.0. The van der Waals surface area contributed by atoms with Crippen molar-refractivity contribution in [3.05, 3.63) is 60.4 Å². The first-order valence-electron chi connectivity index (χ1n) is 7.63. The molecule has 2 aromatic rings. The summed E-state index contributed by atoms with van der Waals surface area (Å²) in [4.78, 5) is 37.7. The maximum Gasteiger partial charge on any atom is 0.247 e. The quantitative estimate of drug-likeness (QED) is 0.835. The molecule has 1 fully saturated rings. The molecule has 25 heavy (non-hydrogen) atoms. The number of carbonyl (C=O) groups excluding carboxylic acids is 3. The fraction of sp³-hybridized carbons (Fsp3) is 0.167. The molecule has 0 saturated carbocycles. The second-order valence-corrected chi connectivity index (χ2v) is 6.66. The van der Waals surface area contributed by atoms with Crippen LogP contribution < -0.4 is 10.2 Å². The highest BCUT2D eigenvalue weighted by molar-refractivity contribution is 8.01. The molecule has 7 heteroatoms. The van der Waals surface area contributed by atoms with Crippen LogP contribution in [-0.2, 0) is 14.4 Å². The molecule has 128 valence electrons. The van der Waals surface area contributed by atoms with Crippen molar-refractivity contribution in [2.75, 3.05) is 16.0 Å². The molecule has 1 atom stereocenters. The lowest BCUT2D eigenvalue weighted by Crippen LogP contribution is -2.31. The lowest BCUT2D eigenvalue weighted by molar-refractivity contribution is -0.121. The maximum atomic E-state index is 13.1. The smallest absolute Gasteiger partial charge is 0.247 e. The number of rotatable bonds is 5. The van der Waals surface area contributed by atoms with Crippen LogP contribution in [0.1, 0.15) is 6.42 Å². The maximum absolute atomic E-state index is 13.1. The van der Waals surface area contributed by atoms with Crippen molar-refractivity contribution in [2.24, 2.45) is 0 Å². The van der Waals surface area contributed by atoms with Crippen LogP contribution in [0, 0.1) is 5.82 Å². The summed E-state index contributed by atoms with van der Waals surface area (Å²) in [5, 5.41) is 1.97. The molecule has 0 aliphatic carbocycles. The molecule has 0 radical (unpaired) electrons. The van der Waals surface area contributed by atoms with E-state index in [0.29, 0.717) is 11.4 Å². The molecule has 0 unspecified atom stereocenters. The fourth-order valence-corrected chi connectivity index (χ4v) is 3.46. The van der Waals surface area contributed by atoms with E-state index in [1.54, 1.807) is 36.4 Å². The summed E-state index contributed by atoms with van der Waals surface area (Å²) in [5.74, 6) is -1.39. The fourth-order valence-electron chi connectivity index (χ4n) is 2.52. The van der Waals surface area contributed by atoms with E-state index in [0.717, 1.165) is 16.7 Å². The minimum atomic E-state index is -0.592. The normalized spacial score (nSPS) is 17.0. The highest BCUT2D eigenvalue weighted by Gasteiger charge is 2.39. The highest BCUT2D eigenvalue weighted by atomic mass is 32.2. The molecule has 3 rings (SSSR count). The zero-order chi connectivity index (χ0) is 17.8. The molecule has 0 spiro atoms. The minimum Gasteiger partial charge on any atom is -0.325 e. The van der Waals surface area contributed by atoms with Crippen LogP contribution in [0.3, 0.4) is 0 Å². The summed E-state index contributed by atoms with van der Waals surface area (Å²) in [6.45, 7) is 0. The Kier molecular flexibility index (Phi) is 5.14. The third-order valence-electron chi connectivity index (χ3n) is 3.64. The van der Waals surface area contributed by atoms with Crippen molar-refractivity contribution in [3.63, 3.8) is 0 Å². The van der Waals surface area contributed by atoms with Crippen LogP contribution in [0.5, 0.6) is 0 Å². The van der Waals surface area contributed by atoms with E-state index >= 15 is 0 Å². The summed E-state index contributed by atoms with van der Waals surface area (Å²) in [6, 6.07) is 14.3. The number of nitrogens with zero attached hydrogens (tertiary/aromatic N) is 1. The van der Waals surface area contributed by atoms with Gasteiger partial charge >= 0.3 is 0 Å². The molecule has 1 N–H and O–H groups in total. The molecule has 5 nitrogen and oxygen atoms in total. The van der Waals surface area contributed by atoms with Crippen LogP contribution >= 0.6 is 11.8 Å². The Balaban J connectivity index is 1.58. The van der Waals surface area contributed by atoms with Gasteiger partial charge in [-0.1, -0.05) is 24.3 Å². The summed E-state index contributed by atoms with van der Waals surface area (Å²) >= 11 is 1.11. The molecular weight excluding hydrogens is 343 g/mol. The average Bonchev–Trinajstić information content (AvgIpc) is 2.87. The van der Waals surface area contributed by atoms with Crippen molar-refractivity contribution < 1.29 is 18.8 Å². The monoisotopic (exact) mass is 358 g/mol. The molecule has 0 aromatic heterocycles. The van der Waals surface area contributed by atoms with E-state index < -0.39 is 11.1 Å². The van der Waals surface area contributed by atoms with Crippen LogP contribution in [-0.4, -0.2) is 28.7 Å². The molecule has 1 heterocycles. The molecule has 2 aromatic carbocycles. The van der Waals surface area contributed by atoms with Crippen molar-refractivity contribution in [3.8, 4) is 0 Å². The highest BCUT2D eigenvalue weighted by Crippen LogP contribution is 2.29. The van der Waals surface area contributed by atoms with Gasteiger partial charge < -0.3 is 5.32 Å². The van der Waals surface area contributed by atoms with Crippen molar-refractivity contribution in [1.29, 1.82) is 0 Å². The number of halogens is 1. The van der Waals surface area contributed by atoms with E-state index in [1.165, 1.54) is 18.2 Å². The molecule has 1 aliphatic heterocycles. The number of benzene rings is 2. The van der Waals surface area contributed by atoms with Crippen LogP contribution in [0.4, 0.5) is 15.8 Å². The molecule has 0 bridgehead atoms. The number of hydrogen-bond acceptors (Lipinski definition) is 4. The van der Waals surface area contributed by atoms with Gasteiger partial charge in [0.1, 0.15) is 5.82 Å². The lowest BCUT2D eigenvalue weighted by Gasteiger charge is -2.14. The number of hydrogen-bond donors (Lipinski definition) is 1. The predicted octanol–water partition coefficient (Wildman–Crippen LogP) is 2.83. The van der Waals surface area contributed by atoms with Crippen molar-refractivity contribution in [2.45, 2.75) is 11.7 Å². The Hall–Kier alpha value is -2.67. The topological polar surface area (TPSA) is 66.5 Å². The number of para-hydroxylation sites is 1. The van der Waals surface area contributed by atoms with E-state index in [1.807, 2.05) is 0 Å². The Morgan fingerprint density at radius 2 is 1.92 bits per heavy atom.